The van der Waals surface area contributed by atoms with Gasteiger partial charge >= 0.3 is 5.97 Å². The van der Waals surface area contributed by atoms with E-state index in [0.29, 0.717) is 5.56 Å². The van der Waals surface area contributed by atoms with Gasteiger partial charge in [0.05, 0.1) is 5.56 Å². The van der Waals surface area contributed by atoms with Gasteiger partial charge < -0.3 is 9.84 Å². The average molecular weight is 284 g/mol. The predicted octanol–water partition coefficient (Wildman–Crippen LogP) is 3.05. The standard InChI is InChI=1S/C17H16O4/c1-11-6-7-15(12(2)8-11)16(19)10-21-17(20)13-4-3-5-14(18)9-13/h3-9,18H,10H2,1-2H3. The van der Waals surface area contributed by atoms with Crippen molar-refractivity contribution in [2.75, 3.05) is 6.61 Å². The molecule has 21 heavy (non-hydrogen) atoms. The number of hydrogen-bond donors (Lipinski definition) is 1. The van der Waals surface area contributed by atoms with Crippen LogP contribution in [0.2, 0.25) is 0 Å². The SMILES string of the molecule is Cc1ccc(C(=O)COC(=O)c2cccc(O)c2)c(C)c1. The quantitative estimate of drug-likeness (QED) is 0.692. The molecule has 2 aromatic rings. The Hall–Kier alpha value is -2.62. The number of carbonyl (C=O) groups is 2. The maximum Gasteiger partial charge on any atom is 0.338 e. The van der Waals surface area contributed by atoms with Gasteiger partial charge in [0, 0.05) is 5.56 Å². The zero-order valence-electron chi connectivity index (χ0n) is 11.9. The maximum atomic E-state index is 12.1. The van der Waals surface area contributed by atoms with E-state index in [9.17, 15) is 14.7 Å². The van der Waals surface area contributed by atoms with Gasteiger partial charge in [0.1, 0.15) is 5.75 Å². The van der Waals surface area contributed by atoms with Crippen molar-refractivity contribution in [3.05, 3.63) is 64.7 Å². The van der Waals surface area contributed by atoms with E-state index in [1.807, 2.05) is 26.0 Å². The first kappa shape index (κ1) is 14.8. The smallest absolute Gasteiger partial charge is 0.338 e. The first-order chi connectivity index (χ1) is 9.97. The summed E-state index contributed by atoms with van der Waals surface area (Å²) >= 11 is 0. The number of carbonyl (C=O) groups excluding carboxylic acids is 2. The van der Waals surface area contributed by atoms with Gasteiger partial charge in [-0.2, -0.15) is 0 Å². The number of aromatic hydroxyl groups is 1. The van der Waals surface area contributed by atoms with Crippen molar-refractivity contribution in [2.45, 2.75) is 13.8 Å². The average Bonchev–Trinajstić information content (AvgIpc) is 2.44. The molecule has 0 amide bonds. The molecule has 0 saturated heterocycles. The summed E-state index contributed by atoms with van der Waals surface area (Å²) in [6.45, 7) is 3.47. The van der Waals surface area contributed by atoms with Gasteiger partial charge in [-0.15, -0.1) is 0 Å². The van der Waals surface area contributed by atoms with Crippen LogP contribution in [0.3, 0.4) is 0 Å². The zero-order chi connectivity index (χ0) is 15.4. The first-order valence-corrected chi connectivity index (χ1v) is 6.54. The fourth-order valence-electron chi connectivity index (χ4n) is 2.05. The molecule has 108 valence electrons. The second kappa shape index (κ2) is 6.22. The van der Waals surface area contributed by atoms with Crippen LogP contribution in [0.25, 0.3) is 0 Å². The Balaban J connectivity index is 2.02. The molecule has 0 atom stereocenters. The molecule has 0 aromatic heterocycles. The van der Waals surface area contributed by atoms with E-state index in [1.54, 1.807) is 6.07 Å². The van der Waals surface area contributed by atoms with E-state index < -0.39 is 5.97 Å². The molecule has 0 spiro atoms. The highest BCUT2D eigenvalue weighted by atomic mass is 16.5. The summed E-state index contributed by atoms with van der Waals surface area (Å²) in [6.07, 6.45) is 0. The number of Topliss-reactive ketones (excluding diaryl/α,β-unsaturated/α-hetero) is 1. The second-order valence-electron chi connectivity index (χ2n) is 4.87. The van der Waals surface area contributed by atoms with Crippen molar-refractivity contribution in [2.24, 2.45) is 0 Å². The van der Waals surface area contributed by atoms with Crippen molar-refractivity contribution < 1.29 is 19.4 Å². The molecular formula is C17H16O4. The van der Waals surface area contributed by atoms with Crippen molar-refractivity contribution in [3.63, 3.8) is 0 Å². The van der Waals surface area contributed by atoms with Gasteiger partial charge in [0.25, 0.3) is 0 Å². The monoisotopic (exact) mass is 284 g/mol. The van der Waals surface area contributed by atoms with Gasteiger partial charge in [-0.3, -0.25) is 4.79 Å². The Bertz CT molecular complexity index is 689. The van der Waals surface area contributed by atoms with Crippen LogP contribution < -0.4 is 0 Å². The molecule has 2 rings (SSSR count). The minimum absolute atomic E-state index is 0.0230. The van der Waals surface area contributed by atoms with Crippen LogP contribution in [-0.2, 0) is 4.74 Å². The van der Waals surface area contributed by atoms with Crippen LogP contribution in [0.15, 0.2) is 42.5 Å². The summed E-state index contributed by atoms with van der Waals surface area (Å²) in [4.78, 5) is 23.8. The Morgan fingerprint density at radius 2 is 1.86 bits per heavy atom. The molecule has 1 N–H and O–H groups in total. The van der Waals surface area contributed by atoms with Crippen molar-refractivity contribution >= 4 is 11.8 Å². The fourth-order valence-corrected chi connectivity index (χ4v) is 2.05. The summed E-state index contributed by atoms with van der Waals surface area (Å²) < 4.78 is 4.98. The predicted molar refractivity (Wildman–Crippen MR) is 78.6 cm³/mol. The summed E-state index contributed by atoms with van der Waals surface area (Å²) in [5.41, 5.74) is 2.68. The summed E-state index contributed by atoms with van der Waals surface area (Å²) in [6, 6.07) is 11.3. The second-order valence-corrected chi connectivity index (χ2v) is 4.87. The third kappa shape index (κ3) is 3.69. The summed E-state index contributed by atoms with van der Waals surface area (Å²) in [5, 5.41) is 9.31. The van der Waals surface area contributed by atoms with Crippen LogP contribution in [0.4, 0.5) is 0 Å². The van der Waals surface area contributed by atoms with E-state index in [2.05, 4.69) is 0 Å². The lowest BCUT2D eigenvalue weighted by molar-refractivity contribution is 0.0474. The zero-order valence-corrected chi connectivity index (χ0v) is 11.9. The Morgan fingerprint density at radius 1 is 1.10 bits per heavy atom. The molecule has 0 saturated carbocycles. The highest BCUT2D eigenvalue weighted by Crippen LogP contribution is 2.14. The molecule has 2 aromatic carbocycles. The highest BCUT2D eigenvalue weighted by Gasteiger charge is 2.13. The van der Waals surface area contributed by atoms with Crippen molar-refractivity contribution in [3.8, 4) is 5.75 Å². The van der Waals surface area contributed by atoms with Gasteiger partial charge in [0.2, 0.25) is 5.78 Å². The number of phenols is 1. The molecule has 0 unspecified atom stereocenters. The molecule has 4 nitrogen and oxygen atoms in total. The highest BCUT2D eigenvalue weighted by molar-refractivity contribution is 6.00. The number of hydrogen-bond acceptors (Lipinski definition) is 4. The number of ketones is 1. The number of rotatable bonds is 4. The van der Waals surface area contributed by atoms with E-state index in [1.165, 1.54) is 24.3 Å². The van der Waals surface area contributed by atoms with E-state index in [-0.39, 0.29) is 23.7 Å². The number of aryl methyl sites for hydroxylation is 2. The molecule has 0 fully saturated rings. The minimum atomic E-state index is -0.635. The van der Waals surface area contributed by atoms with E-state index in [0.717, 1.165) is 11.1 Å². The summed E-state index contributed by atoms with van der Waals surface area (Å²) in [7, 11) is 0. The third-order valence-electron chi connectivity index (χ3n) is 3.10. The van der Waals surface area contributed by atoms with Gasteiger partial charge in [0.15, 0.2) is 6.61 Å². The molecule has 0 radical (unpaired) electrons. The topological polar surface area (TPSA) is 63.6 Å². The lowest BCUT2D eigenvalue weighted by atomic mass is 10.0. The maximum absolute atomic E-state index is 12.1. The number of esters is 1. The van der Waals surface area contributed by atoms with Gasteiger partial charge in [-0.1, -0.05) is 29.8 Å². The van der Waals surface area contributed by atoms with Crippen LogP contribution in [0, 0.1) is 13.8 Å². The Labute approximate surface area is 123 Å². The summed E-state index contributed by atoms with van der Waals surface area (Å²) in [5.74, 6) is -0.907. The molecule has 4 heteroatoms. The fraction of sp³-hybridized carbons (Fsp3) is 0.176. The molecule has 0 aliphatic rings. The van der Waals surface area contributed by atoms with Crippen molar-refractivity contribution in [1.29, 1.82) is 0 Å². The Kier molecular flexibility index (Phi) is 4.38. The van der Waals surface area contributed by atoms with E-state index >= 15 is 0 Å². The van der Waals surface area contributed by atoms with Crippen LogP contribution in [0.5, 0.6) is 5.75 Å². The van der Waals surface area contributed by atoms with Crippen LogP contribution in [-0.4, -0.2) is 23.5 Å². The molecule has 0 heterocycles. The van der Waals surface area contributed by atoms with Crippen LogP contribution in [0.1, 0.15) is 31.8 Å². The largest absolute Gasteiger partial charge is 0.508 e. The molecular weight excluding hydrogens is 268 g/mol. The molecule has 0 aliphatic heterocycles. The molecule has 0 bridgehead atoms. The van der Waals surface area contributed by atoms with E-state index in [4.69, 9.17) is 4.74 Å². The van der Waals surface area contributed by atoms with Crippen LogP contribution >= 0.6 is 0 Å². The normalized spacial score (nSPS) is 10.2. The molecule has 0 aliphatic carbocycles. The number of phenolic OH excluding ortho intramolecular Hbond substituents is 1. The van der Waals surface area contributed by atoms with Gasteiger partial charge in [-0.05, 0) is 37.6 Å². The van der Waals surface area contributed by atoms with Gasteiger partial charge in [-0.25, -0.2) is 4.79 Å². The third-order valence-corrected chi connectivity index (χ3v) is 3.10. The number of ether oxygens (including phenoxy) is 1. The minimum Gasteiger partial charge on any atom is -0.508 e. The number of benzene rings is 2. The van der Waals surface area contributed by atoms with Crippen molar-refractivity contribution in [1.82, 2.24) is 0 Å². The lowest BCUT2D eigenvalue weighted by Gasteiger charge is -2.07. The lowest BCUT2D eigenvalue weighted by Crippen LogP contribution is -2.15. The first-order valence-electron chi connectivity index (χ1n) is 6.54. The Morgan fingerprint density at radius 3 is 2.52 bits per heavy atom.